The van der Waals surface area contributed by atoms with Gasteiger partial charge in [0.1, 0.15) is 0 Å². The van der Waals surface area contributed by atoms with Crippen LogP contribution in [0.15, 0.2) is 0 Å². The Kier molecular flexibility index (Phi) is 9.24. The molecule has 0 aliphatic rings. The van der Waals surface area contributed by atoms with Crippen LogP contribution < -0.4 is 10.6 Å². The van der Waals surface area contributed by atoms with Crippen LogP contribution in [0.4, 0.5) is 0 Å². The summed E-state index contributed by atoms with van der Waals surface area (Å²) >= 11 is 0. The van der Waals surface area contributed by atoms with Gasteiger partial charge in [0.15, 0.2) is 0 Å². The van der Waals surface area contributed by atoms with Gasteiger partial charge in [0.2, 0.25) is 5.91 Å². The third-order valence-electron chi connectivity index (χ3n) is 2.19. The fraction of sp³-hybridized carbons (Fsp3) is 0.917. The number of carbonyl (C=O) groups is 1. The second kappa shape index (κ2) is 9.60. The Labute approximate surface area is 99.8 Å². The molecular weight excluding hydrogens is 202 g/mol. The zero-order valence-corrected chi connectivity index (χ0v) is 11.2. The van der Waals surface area contributed by atoms with Crippen molar-refractivity contribution >= 4 is 5.91 Å². The minimum absolute atomic E-state index is 0.135. The largest absolute Gasteiger partial charge is 0.354 e. The molecule has 0 bridgehead atoms. The van der Waals surface area contributed by atoms with Crippen LogP contribution in [0.25, 0.3) is 0 Å². The average Bonchev–Trinajstić information content (AvgIpc) is 2.14. The maximum atomic E-state index is 11.3. The summed E-state index contributed by atoms with van der Waals surface area (Å²) in [7, 11) is 4.17. The van der Waals surface area contributed by atoms with E-state index in [2.05, 4.69) is 29.6 Å². The molecule has 2 N–H and O–H groups in total. The minimum Gasteiger partial charge on any atom is -0.354 e. The molecule has 0 heterocycles. The van der Waals surface area contributed by atoms with Crippen LogP contribution in [0, 0.1) is 0 Å². The van der Waals surface area contributed by atoms with Crippen LogP contribution in [-0.2, 0) is 4.79 Å². The number of nitrogens with one attached hydrogen (secondary N) is 2. The quantitative estimate of drug-likeness (QED) is 0.576. The third kappa shape index (κ3) is 11.5. The van der Waals surface area contributed by atoms with E-state index in [4.69, 9.17) is 0 Å². The highest BCUT2D eigenvalue weighted by Gasteiger charge is 2.01. The maximum Gasteiger partial charge on any atom is 0.221 e. The molecule has 0 aliphatic carbocycles. The predicted molar refractivity (Wildman–Crippen MR) is 68.6 cm³/mol. The molecule has 0 spiro atoms. The molecule has 4 heteroatoms. The van der Waals surface area contributed by atoms with Crippen LogP contribution in [0.5, 0.6) is 0 Å². The Hall–Kier alpha value is -0.610. The van der Waals surface area contributed by atoms with Crippen molar-refractivity contribution in [2.45, 2.75) is 39.2 Å². The van der Waals surface area contributed by atoms with Gasteiger partial charge in [-0.25, -0.2) is 0 Å². The number of hydrogen-bond donors (Lipinski definition) is 2. The second-order valence-electron chi connectivity index (χ2n) is 4.73. The smallest absolute Gasteiger partial charge is 0.221 e. The van der Waals surface area contributed by atoms with E-state index in [-0.39, 0.29) is 11.9 Å². The molecule has 0 fully saturated rings. The Bertz CT molecular complexity index is 181. The Morgan fingerprint density at radius 2 is 1.88 bits per heavy atom. The number of hydrogen-bond acceptors (Lipinski definition) is 3. The van der Waals surface area contributed by atoms with Crippen molar-refractivity contribution in [3.05, 3.63) is 0 Å². The monoisotopic (exact) mass is 229 g/mol. The summed E-state index contributed by atoms with van der Waals surface area (Å²) in [6.45, 7) is 6.87. The van der Waals surface area contributed by atoms with E-state index < -0.39 is 0 Å². The topological polar surface area (TPSA) is 44.4 Å². The number of rotatable bonds is 9. The van der Waals surface area contributed by atoms with Gasteiger partial charge in [0, 0.05) is 19.0 Å². The molecule has 16 heavy (non-hydrogen) atoms. The molecule has 0 aliphatic heterocycles. The molecule has 0 atom stereocenters. The van der Waals surface area contributed by atoms with Crippen LogP contribution in [-0.4, -0.2) is 50.6 Å². The van der Waals surface area contributed by atoms with Gasteiger partial charge in [-0.2, -0.15) is 0 Å². The van der Waals surface area contributed by atoms with Crippen LogP contribution >= 0.6 is 0 Å². The number of unbranched alkanes of at least 4 members (excludes halogenated alkanes) is 1. The first kappa shape index (κ1) is 15.4. The Morgan fingerprint density at radius 3 is 2.44 bits per heavy atom. The molecule has 0 saturated heterocycles. The van der Waals surface area contributed by atoms with E-state index in [1.807, 2.05) is 13.8 Å². The van der Waals surface area contributed by atoms with Crippen molar-refractivity contribution in [1.29, 1.82) is 0 Å². The van der Waals surface area contributed by atoms with Crippen molar-refractivity contribution in [3.63, 3.8) is 0 Å². The minimum atomic E-state index is 0.135. The SMILES string of the molecule is CC(C)NC(=O)CCNCCCCN(C)C. The zero-order valence-electron chi connectivity index (χ0n) is 11.2. The zero-order chi connectivity index (χ0) is 12.4. The van der Waals surface area contributed by atoms with E-state index >= 15 is 0 Å². The first-order chi connectivity index (χ1) is 7.52. The van der Waals surface area contributed by atoms with Gasteiger partial charge in [-0.1, -0.05) is 0 Å². The predicted octanol–water partition coefficient (Wildman–Crippen LogP) is 0.833. The molecule has 0 radical (unpaired) electrons. The Balaban J connectivity index is 3.18. The summed E-state index contributed by atoms with van der Waals surface area (Å²) in [5.74, 6) is 0.135. The van der Waals surface area contributed by atoms with Gasteiger partial charge in [-0.05, 0) is 53.9 Å². The fourth-order valence-corrected chi connectivity index (χ4v) is 1.40. The maximum absolute atomic E-state index is 11.3. The van der Waals surface area contributed by atoms with Crippen LogP contribution in [0.2, 0.25) is 0 Å². The van der Waals surface area contributed by atoms with E-state index in [0.29, 0.717) is 6.42 Å². The summed E-state index contributed by atoms with van der Waals surface area (Å²) in [4.78, 5) is 13.5. The molecule has 4 nitrogen and oxygen atoms in total. The lowest BCUT2D eigenvalue weighted by Gasteiger charge is -2.10. The summed E-state index contributed by atoms with van der Waals surface area (Å²) in [6.07, 6.45) is 2.95. The third-order valence-corrected chi connectivity index (χ3v) is 2.19. The highest BCUT2D eigenvalue weighted by molar-refractivity contribution is 5.76. The Morgan fingerprint density at radius 1 is 1.19 bits per heavy atom. The molecule has 1 amide bonds. The first-order valence-electron chi connectivity index (χ1n) is 6.17. The van der Waals surface area contributed by atoms with E-state index in [1.54, 1.807) is 0 Å². The molecule has 0 aromatic rings. The number of nitrogens with zero attached hydrogens (tertiary/aromatic N) is 1. The van der Waals surface area contributed by atoms with Gasteiger partial charge in [0.25, 0.3) is 0 Å². The first-order valence-corrected chi connectivity index (χ1v) is 6.17. The molecule has 0 aromatic carbocycles. The lowest BCUT2D eigenvalue weighted by atomic mass is 10.3. The van der Waals surface area contributed by atoms with Crippen molar-refractivity contribution < 1.29 is 4.79 Å². The van der Waals surface area contributed by atoms with Crippen molar-refractivity contribution in [1.82, 2.24) is 15.5 Å². The lowest BCUT2D eigenvalue weighted by molar-refractivity contribution is -0.121. The van der Waals surface area contributed by atoms with Gasteiger partial charge < -0.3 is 15.5 Å². The number of carbonyl (C=O) groups excluding carboxylic acids is 1. The molecule has 0 unspecified atom stereocenters. The van der Waals surface area contributed by atoms with Gasteiger partial charge in [0.05, 0.1) is 0 Å². The van der Waals surface area contributed by atoms with Gasteiger partial charge >= 0.3 is 0 Å². The van der Waals surface area contributed by atoms with Crippen LogP contribution in [0.3, 0.4) is 0 Å². The van der Waals surface area contributed by atoms with E-state index in [9.17, 15) is 4.79 Å². The van der Waals surface area contributed by atoms with Gasteiger partial charge in [-0.15, -0.1) is 0 Å². The van der Waals surface area contributed by atoms with Crippen molar-refractivity contribution in [2.24, 2.45) is 0 Å². The molecule has 0 rings (SSSR count). The summed E-state index contributed by atoms with van der Waals surface area (Å²) in [6, 6.07) is 0.243. The summed E-state index contributed by atoms with van der Waals surface area (Å²) in [5.41, 5.74) is 0. The normalized spacial score (nSPS) is 11.1. The van der Waals surface area contributed by atoms with E-state index in [0.717, 1.165) is 19.6 Å². The average molecular weight is 229 g/mol. The second-order valence-corrected chi connectivity index (χ2v) is 4.73. The fourth-order valence-electron chi connectivity index (χ4n) is 1.40. The molecule has 96 valence electrons. The lowest BCUT2D eigenvalue weighted by Crippen LogP contribution is -2.32. The summed E-state index contributed by atoms with van der Waals surface area (Å²) < 4.78 is 0. The standard InChI is InChI=1S/C12H27N3O/c1-11(2)14-12(16)7-9-13-8-5-6-10-15(3)4/h11,13H,5-10H2,1-4H3,(H,14,16). The van der Waals surface area contributed by atoms with Crippen molar-refractivity contribution in [3.8, 4) is 0 Å². The highest BCUT2D eigenvalue weighted by atomic mass is 16.1. The molecule has 0 aromatic heterocycles. The molecular formula is C12H27N3O. The van der Waals surface area contributed by atoms with Crippen molar-refractivity contribution in [2.75, 3.05) is 33.7 Å². The van der Waals surface area contributed by atoms with Crippen LogP contribution in [0.1, 0.15) is 33.1 Å². The molecule has 0 saturated carbocycles. The summed E-state index contributed by atoms with van der Waals surface area (Å²) in [5, 5.41) is 6.16. The number of amides is 1. The van der Waals surface area contributed by atoms with E-state index in [1.165, 1.54) is 12.8 Å². The van der Waals surface area contributed by atoms with Gasteiger partial charge in [-0.3, -0.25) is 4.79 Å². The highest BCUT2D eigenvalue weighted by Crippen LogP contribution is 1.89.